The lowest BCUT2D eigenvalue weighted by Gasteiger charge is -2.35. The van der Waals surface area contributed by atoms with Crippen LogP contribution in [0, 0.1) is 6.92 Å². The third-order valence-electron chi connectivity index (χ3n) is 4.36. The number of aromatic nitrogens is 2. The summed E-state index contributed by atoms with van der Waals surface area (Å²) in [5.41, 5.74) is 2.31. The van der Waals surface area contributed by atoms with Gasteiger partial charge < -0.3 is 10.2 Å². The fourth-order valence-corrected chi connectivity index (χ4v) is 3.04. The number of carbonyl (C=O) groups excluding carboxylic acids is 2. The van der Waals surface area contributed by atoms with Crippen LogP contribution in [0.25, 0.3) is 0 Å². The summed E-state index contributed by atoms with van der Waals surface area (Å²) in [6.45, 7) is 5.51. The van der Waals surface area contributed by atoms with E-state index in [1.165, 1.54) is 0 Å². The zero-order valence-electron chi connectivity index (χ0n) is 14.0. The third-order valence-corrected chi connectivity index (χ3v) is 4.36. The van der Waals surface area contributed by atoms with Crippen molar-refractivity contribution in [3.63, 3.8) is 0 Å². The molecule has 1 aromatic carbocycles. The second-order valence-corrected chi connectivity index (χ2v) is 5.98. The van der Waals surface area contributed by atoms with Crippen molar-refractivity contribution in [2.45, 2.75) is 32.9 Å². The second kappa shape index (κ2) is 6.86. The molecule has 0 aliphatic carbocycles. The first-order valence-electron chi connectivity index (χ1n) is 8.26. The van der Waals surface area contributed by atoms with E-state index >= 15 is 0 Å². The van der Waals surface area contributed by atoms with Crippen molar-refractivity contribution in [1.82, 2.24) is 20.0 Å². The van der Waals surface area contributed by atoms with Gasteiger partial charge in [-0.1, -0.05) is 30.3 Å². The maximum absolute atomic E-state index is 13.0. The average Bonchev–Trinajstić information content (AvgIpc) is 2.98. The van der Waals surface area contributed by atoms with Crippen LogP contribution < -0.4 is 5.32 Å². The molecule has 1 unspecified atom stereocenters. The molecule has 0 bridgehead atoms. The van der Waals surface area contributed by atoms with Gasteiger partial charge in [-0.25, -0.2) is 0 Å². The number of hydrogen-bond acceptors (Lipinski definition) is 3. The fourth-order valence-electron chi connectivity index (χ4n) is 3.04. The number of piperazine rings is 1. The highest BCUT2D eigenvalue weighted by atomic mass is 16.2. The highest BCUT2D eigenvalue weighted by Gasteiger charge is 2.34. The van der Waals surface area contributed by atoms with Crippen LogP contribution in [0.5, 0.6) is 0 Å². The standard InChI is InChI=1S/C18H22N4O2/c1-3-21-12-15(13(2)20-21)18(24)22-10-9-19-17(23)16(22)11-14-7-5-4-6-8-14/h4-8,12,16H,3,9-11H2,1-2H3,(H,19,23). The van der Waals surface area contributed by atoms with Gasteiger partial charge in [-0.05, 0) is 19.4 Å². The van der Waals surface area contributed by atoms with Gasteiger partial charge in [0, 0.05) is 32.3 Å². The van der Waals surface area contributed by atoms with Gasteiger partial charge in [-0.15, -0.1) is 0 Å². The number of nitrogens with zero attached hydrogens (tertiary/aromatic N) is 3. The predicted molar refractivity (Wildman–Crippen MR) is 90.6 cm³/mol. The van der Waals surface area contributed by atoms with E-state index < -0.39 is 6.04 Å². The van der Waals surface area contributed by atoms with Crippen LogP contribution in [0.3, 0.4) is 0 Å². The van der Waals surface area contributed by atoms with Crippen LogP contribution in [0.1, 0.15) is 28.5 Å². The van der Waals surface area contributed by atoms with Gasteiger partial charge in [0.15, 0.2) is 0 Å². The second-order valence-electron chi connectivity index (χ2n) is 5.98. The van der Waals surface area contributed by atoms with Gasteiger partial charge in [0.25, 0.3) is 5.91 Å². The number of rotatable bonds is 4. The summed E-state index contributed by atoms with van der Waals surface area (Å²) in [4.78, 5) is 27.0. The molecule has 3 rings (SSSR count). The smallest absolute Gasteiger partial charge is 0.258 e. The largest absolute Gasteiger partial charge is 0.353 e. The lowest BCUT2D eigenvalue weighted by atomic mass is 10.0. The number of aryl methyl sites for hydroxylation is 2. The van der Waals surface area contributed by atoms with E-state index in [1.54, 1.807) is 15.8 Å². The molecule has 0 radical (unpaired) electrons. The summed E-state index contributed by atoms with van der Waals surface area (Å²) < 4.78 is 1.75. The van der Waals surface area contributed by atoms with Crippen LogP contribution >= 0.6 is 0 Å². The van der Waals surface area contributed by atoms with Crippen LogP contribution in [-0.4, -0.2) is 45.6 Å². The van der Waals surface area contributed by atoms with Crippen molar-refractivity contribution < 1.29 is 9.59 Å². The molecule has 1 atom stereocenters. The fraction of sp³-hybridized carbons (Fsp3) is 0.389. The van der Waals surface area contributed by atoms with Gasteiger partial charge >= 0.3 is 0 Å². The molecule has 1 saturated heterocycles. The Kier molecular flexibility index (Phi) is 4.64. The Labute approximate surface area is 141 Å². The van der Waals surface area contributed by atoms with Crippen LogP contribution in [0.2, 0.25) is 0 Å². The maximum Gasteiger partial charge on any atom is 0.258 e. The minimum absolute atomic E-state index is 0.0982. The molecule has 2 amide bonds. The molecule has 1 fully saturated rings. The summed E-state index contributed by atoms with van der Waals surface area (Å²) in [7, 11) is 0. The van der Waals surface area contributed by atoms with Gasteiger partial charge in [0.05, 0.1) is 11.3 Å². The minimum atomic E-state index is -0.488. The zero-order chi connectivity index (χ0) is 17.1. The van der Waals surface area contributed by atoms with Crippen LogP contribution in [-0.2, 0) is 17.8 Å². The molecule has 6 nitrogen and oxygen atoms in total. The molecule has 0 saturated carbocycles. The number of amides is 2. The molecule has 1 N–H and O–H groups in total. The first-order valence-corrected chi connectivity index (χ1v) is 8.26. The van der Waals surface area contributed by atoms with Gasteiger partial charge in [-0.2, -0.15) is 5.10 Å². The van der Waals surface area contributed by atoms with Crippen molar-refractivity contribution in [2.24, 2.45) is 0 Å². The Hall–Kier alpha value is -2.63. The zero-order valence-corrected chi connectivity index (χ0v) is 14.0. The van der Waals surface area contributed by atoms with E-state index in [0.717, 1.165) is 5.56 Å². The first-order chi connectivity index (χ1) is 11.6. The molecule has 126 valence electrons. The molecular weight excluding hydrogens is 304 g/mol. The Morgan fingerprint density at radius 2 is 2.08 bits per heavy atom. The summed E-state index contributed by atoms with van der Waals surface area (Å²) in [5.74, 6) is -0.220. The Morgan fingerprint density at radius 3 is 2.75 bits per heavy atom. The summed E-state index contributed by atoms with van der Waals surface area (Å²) in [5, 5.41) is 7.21. The van der Waals surface area contributed by atoms with E-state index in [2.05, 4.69) is 10.4 Å². The molecular formula is C18H22N4O2. The molecule has 1 aromatic heterocycles. The van der Waals surface area contributed by atoms with Crippen molar-refractivity contribution in [3.05, 3.63) is 53.3 Å². The van der Waals surface area contributed by atoms with Gasteiger partial charge in [0.1, 0.15) is 6.04 Å². The van der Waals surface area contributed by atoms with Crippen molar-refractivity contribution >= 4 is 11.8 Å². The van der Waals surface area contributed by atoms with Crippen molar-refractivity contribution in [1.29, 1.82) is 0 Å². The monoisotopic (exact) mass is 326 g/mol. The quantitative estimate of drug-likeness (QED) is 0.923. The van der Waals surface area contributed by atoms with E-state index in [9.17, 15) is 9.59 Å². The normalized spacial score (nSPS) is 17.7. The summed E-state index contributed by atoms with van der Waals surface area (Å²) >= 11 is 0. The highest BCUT2D eigenvalue weighted by molar-refractivity contribution is 5.98. The predicted octanol–water partition coefficient (Wildman–Crippen LogP) is 1.39. The number of benzene rings is 1. The van der Waals surface area contributed by atoms with Gasteiger partial charge in [-0.3, -0.25) is 14.3 Å². The molecule has 1 aliphatic heterocycles. The number of hydrogen-bond donors (Lipinski definition) is 1. The molecule has 2 aromatic rings. The summed E-state index contributed by atoms with van der Waals surface area (Å²) in [6.07, 6.45) is 2.28. The lowest BCUT2D eigenvalue weighted by Crippen LogP contribution is -2.58. The van der Waals surface area contributed by atoms with Crippen molar-refractivity contribution in [2.75, 3.05) is 13.1 Å². The number of carbonyl (C=O) groups is 2. The van der Waals surface area contributed by atoms with E-state index in [-0.39, 0.29) is 11.8 Å². The molecule has 6 heteroatoms. The average molecular weight is 326 g/mol. The number of nitrogens with one attached hydrogen (secondary N) is 1. The van der Waals surface area contributed by atoms with Crippen LogP contribution in [0.4, 0.5) is 0 Å². The van der Waals surface area contributed by atoms with E-state index in [0.29, 0.717) is 37.3 Å². The molecule has 0 spiro atoms. The first kappa shape index (κ1) is 16.2. The molecule has 1 aliphatic rings. The van der Waals surface area contributed by atoms with E-state index in [1.807, 2.05) is 44.2 Å². The van der Waals surface area contributed by atoms with E-state index in [4.69, 9.17) is 0 Å². The molecule has 24 heavy (non-hydrogen) atoms. The highest BCUT2D eigenvalue weighted by Crippen LogP contribution is 2.17. The molecule has 2 heterocycles. The minimum Gasteiger partial charge on any atom is -0.353 e. The maximum atomic E-state index is 13.0. The van der Waals surface area contributed by atoms with Crippen molar-refractivity contribution in [3.8, 4) is 0 Å². The Morgan fingerprint density at radius 1 is 1.33 bits per heavy atom. The Bertz CT molecular complexity index is 739. The Balaban J connectivity index is 1.86. The van der Waals surface area contributed by atoms with Crippen LogP contribution in [0.15, 0.2) is 36.5 Å². The SMILES string of the molecule is CCn1cc(C(=O)N2CCNC(=O)C2Cc2ccccc2)c(C)n1. The summed E-state index contributed by atoms with van der Waals surface area (Å²) in [6, 6.07) is 9.29. The topological polar surface area (TPSA) is 67.2 Å². The third kappa shape index (κ3) is 3.18. The van der Waals surface area contributed by atoms with Gasteiger partial charge in [0.2, 0.25) is 5.91 Å². The lowest BCUT2D eigenvalue weighted by molar-refractivity contribution is -0.127.